The molecule has 2 amide bonds. The van der Waals surface area contributed by atoms with E-state index in [4.69, 9.17) is 4.74 Å². The number of hydrogen-bond acceptors (Lipinski definition) is 5. The van der Waals surface area contributed by atoms with E-state index in [9.17, 15) is 4.79 Å². The standard InChI is InChI=1S/C19H20N6O2/c1-27-17-10-2-13(3-11-17)12-20-19(26)21-15-6-4-14(5-7-15)18-22-23-24-25(18)16-8-9-16/h2-7,10-11,16H,8-9,12H2,1H3,(H2,20,21,26). The van der Waals surface area contributed by atoms with Crippen LogP contribution in [-0.4, -0.2) is 33.3 Å². The van der Waals surface area contributed by atoms with Crippen LogP contribution in [0, 0.1) is 0 Å². The van der Waals surface area contributed by atoms with E-state index in [1.54, 1.807) is 7.11 Å². The minimum atomic E-state index is -0.263. The third-order valence-corrected chi connectivity index (χ3v) is 4.40. The number of aromatic nitrogens is 4. The Morgan fingerprint density at radius 3 is 2.56 bits per heavy atom. The normalized spacial score (nSPS) is 13.2. The van der Waals surface area contributed by atoms with Gasteiger partial charge < -0.3 is 15.4 Å². The van der Waals surface area contributed by atoms with Crippen LogP contribution in [0.2, 0.25) is 0 Å². The summed E-state index contributed by atoms with van der Waals surface area (Å²) in [7, 11) is 1.62. The summed E-state index contributed by atoms with van der Waals surface area (Å²) in [6.45, 7) is 0.435. The van der Waals surface area contributed by atoms with Gasteiger partial charge in [-0.2, -0.15) is 0 Å². The Morgan fingerprint density at radius 2 is 1.89 bits per heavy atom. The zero-order chi connectivity index (χ0) is 18.6. The van der Waals surface area contributed by atoms with Crippen LogP contribution in [0.3, 0.4) is 0 Å². The van der Waals surface area contributed by atoms with Crippen molar-refractivity contribution in [1.29, 1.82) is 0 Å². The zero-order valence-electron chi connectivity index (χ0n) is 14.9. The molecule has 0 saturated heterocycles. The Kier molecular flexibility index (Phi) is 4.69. The molecule has 0 spiro atoms. The molecular weight excluding hydrogens is 344 g/mol. The summed E-state index contributed by atoms with van der Waals surface area (Å²) in [6.07, 6.45) is 2.23. The number of carbonyl (C=O) groups excluding carboxylic acids is 1. The van der Waals surface area contributed by atoms with E-state index in [-0.39, 0.29) is 6.03 Å². The third kappa shape index (κ3) is 4.05. The zero-order valence-corrected chi connectivity index (χ0v) is 14.9. The van der Waals surface area contributed by atoms with Crippen molar-refractivity contribution in [2.45, 2.75) is 25.4 Å². The van der Waals surface area contributed by atoms with Gasteiger partial charge in [-0.3, -0.25) is 0 Å². The Bertz CT molecular complexity index is 916. The maximum absolute atomic E-state index is 12.1. The van der Waals surface area contributed by atoms with Crippen LogP contribution >= 0.6 is 0 Å². The van der Waals surface area contributed by atoms with Crippen molar-refractivity contribution in [3.05, 3.63) is 54.1 Å². The topological polar surface area (TPSA) is 94.0 Å². The molecule has 138 valence electrons. The van der Waals surface area contributed by atoms with Gasteiger partial charge in [0.05, 0.1) is 13.2 Å². The lowest BCUT2D eigenvalue weighted by molar-refractivity contribution is 0.251. The second-order valence-corrected chi connectivity index (χ2v) is 6.41. The molecule has 1 aromatic heterocycles. The average Bonchev–Trinajstić information content (AvgIpc) is 3.44. The lowest BCUT2D eigenvalue weighted by Crippen LogP contribution is -2.28. The van der Waals surface area contributed by atoms with Crippen LogP contribution in [0.4, 0.5) is 10.5 Å². The Labute approximate surface area is 156 Å². The van der Waals surface area contributed by atoms with Crippen LogP contribution in [0.1, 0.15) is 24.4 Å². The Hall–Kier alpha value is -3.42. The summed E-state index contributed by atoms with van der Waals surface area (Å²) in [5.74, 6) is 1.55. The molecule has 4 rings (SSSR count). The quantitative estimate of drug-likeness (QED) is 0.701. The lowest BCUT2D eigenvalue weighted by atomic mass is 10.2. The number of ether oxygens (including phenoxy) is 1. The van der Waals surface area contributed by atoms with Gasteiger partial charge in [0, 0.05) is 17.8 Å². The Balaban J connectivity index is 1.33. The molecule has 27 heavy (non-hydrogen) atoms. The second-order valence-electron chi connectivity index (χ2n) is 6.41. The summed E-state index contributed by atoms with van der Waals surface area (Å²) in [6, 6.07) is 15.2. The molecule has 8 heteroatoms. The van der Waals surface area contributed by atoms with Crippen molar-refractivity contribution in [2.24, 2.45) is 0 Å². The van der Waals surface area contributed by atoms with Gasteiger partial charge in [0.1, 0.15) is 5.75 Å². The molecule has 1 fully saturated rings. The summed E-state index contributed by atoms with van der Waals surface area (Å²) in [5.41, 5.74) is 2.63. The smallest absolute Gasteiger partial charge is 0.319 e. The van der Waals surface area contributed by atoms with Gasteiger partial charge in [-0.05, 0) is 65.2 Å². The van der Waals surface area contributed by atoms with E-state index in [0.29, 0.717) is 18.3 Å². The van der Waals surface area contributed by atoms with Gasteiger partial charge in [-0.1, -0.05) is 12.1 Å². The number of carbonyl (C=O) groups is 1. The summed E-state index contributed by atoms with van der Waals surface area (Å²) in [4.78, 5) is 12.1. The van der Waals surface area contributed by atoms with Gasteiger partial charge in [0.2, 0.25) is 0 Å². The van der Waals surface area contributed by atoms with Crippen molar-refractivity contribution in [3.8, 4) is 17.1 Å². The van der Waals surface area contributed by atoms with Crippen molar-refractivity contribution in [1.82, 2.24) is 25.5 Å². The summed E-state index contributed by atoms with van der Waals surface area (Å²) < 4.78 is 6.99. The van der Waals surface area contributed by atoms with Gasteiger partial charge in [0.15, 0.2) is 5.82 Å². The number of nitrogens with zero attached hydrogens (tertiary/aromatic N) is 4. The molecule has 1 aliphatic carbocycles. The van der Waals surface area contributed by atoms with Crippen LogP contribution in [-0.2, 0) is 6.54 Å². The number of hydrogen-bond donors (Lipinski definition) is 2. The molecule has 0 bridgehead atoms. The minimum absolute atomic E-state index is 0.263. The van der Waals surface area contributed by atoms with Crippen molar-refractivity contribution < 1.29 is 9.53 Å². The number of amides is 2. The first-order chi connectivity index (χ1) is 13.2. The largest absolute Gasteiger partial charge is 0.497 e. The highest BCUT2D eigenvalue weighted by atomic mass is 16.5. The molecule has 1 heterocycles. The van der Waals surface area contributed by atoms with E-state index in [0.717, 1.165) is 35.5 Å². The van der Waals surface area contributed by atoms with Gasteiger partial charge >= 0.3 is 6.03 Å². The first-order valence-corrected chi connectivity index (χ1v) is 8.79. The monoisotopic (exact) mass is 364 g/mol. The molecule has 8 nitrogen and oxygen atoms in total. The van der Waals surface area contributed by atoms with Crippen molar-refractivity contribution in [3.63, 3.8) is 0 Å². The highest BCUT2D eigenvalue weighted by molar-refractivity contribution is 5.89. The fourth-order valence-electron chi connectivity index (χ4n) is 2.75. The van der Waals surface area contributed by atoms with Gasteiger partial charge in [0.25, 0.3) is 0 Å². The first-order valence-electron chi connectivity index (χ1n) is 8.79. The third-order valence-electron chi connectivity index (χ3n) is 4.40. The SMILES string of the molecule is COc1ccc(CNC(=O)Nc2ccc(-c3nnnn3C3CC3)cc2)cc1. The lowest BCUT2D eigenvalue weighted by Gasteiger charge is -2.09. The number of nitrogens with one attached hydrogen (secondary N) is 2. The Morgan fingerprint density at radius 1 is 1.15 bits per heavy atom. The number of tetrazole rings is 1. The number of benzene rings is 2. The van der Waals surface area contributed by atoms with Crippen LogP contribution in [0.5, 0.6) is 5.75 Å². The molecule has 2 aromatic carbocycles. The summed E-state index contributed by atoms with van der Waals surface area (Å²) in [5, 5.41) is 17.6. The van der Waals surface area contributed by atoms with E-state index in [2.05, 4.69) is 26.2 Å². The molecule has 0 unspecified atom stereocenters. The predicted molar refractivity (Wildman–Crippen MR) is 100 cm³/mol. The molecule has 0 atom stereocenters. The van der Waals surface area contributed by atoms with Gasteiger partial charge in [-0.15, -0.1) is 5.10 Å². The first kappa shape index (κ1) is 17.0. The maximum Gasteiger partial charge on any atom is 0.319 e. The number of methoxy groups -OCH3 is 1. The number of anilines is 1. The fourth-order valence-corrected chi connectivity index (χ4v) is 2.75. The number of urea groups is 1. The van der Waals surface area contributed by atoms with Crippen LogP contribution < -0.4 is 15.4 Å². The maximum atomic E-state index is 12.1. The van der Waals surface area contributed by atoms with Crippen molar-refractivity contribution in [2.75, 3.05) is 12.4 Å². The second kappa shape index (κ2) is 7.45. The van der Waals surface area contributed by atoms with Crippen molar-refractivity contribution >= 4 is 11.7 Å². The van der Waals surface area contributed by atoms with E-state index in [1.807, 2.05) is 53.2 Å². The molecule has 2 N–H and O–H groups in total. The molecule has 0 aliphatic heterocycles. The van der Waals surface area contributed by atoms with E-state index in [1.165, 1.54) is 0 Å². The fraction of sp³-hybridized carbons (Fsp3) is 0.263. The highest BCUT2D eigenvalue weighted by Crippen LogP contribution is 2.36. The van der Waals surface area contributed by atoms with Crippen LogP contribution in [0.15, 0.2) is 48.5 Å². The minimum Gasteiger partial charge on any atom is -0.497 e. The molecular formula is C19H20N6O2. The average molecular weight is 364 g/mol. The molecule has 0 radical (unpaired) electrons. The predicted octanol–water partition coefficient (Wildman–Crippen LogP) is 3.01. The molecule has 3 aromatic rings. The molecule has 1 aliphatic rings. The van der Waals surface area contributed by atoms with Crippen LogP contribution in [0.25, 0.3) is 11.4 Å². The van der Waals surface area contributed by atoms with E-state index < -0.39 is 0 Å². The number of rotatable bonds is 6. The van der Waals surface area contributed by atoms with E-state index >= 15 is 0 Å². The summed E-state index contributed by atoms with van der Waals surface area (Å²) >= 11 is 0. The molecule has 1 saturated carbocycles. The highest BCUT2D eigenvalue weighted by Gasteiger charge is 2.28. The van der Waals surface area contributed by atoms with Gasteiger partial charge in [-0.25, -0.2) is 9.48 Å².